The Morgan fingerprint density at radius 3 is 1.21 bits per heavy atom. The molecule has 2 atom stereocenters. The number of hydrogen-bond donors (Lipinski definition) is 1. The van der Waals surface area contributed by atoms with Gasteiger partial charge < -0.3 is 23.8 Å². The van der Waals surface area contributed by atoms with Gasteiger partial charge in [0, 0.05) is 19.3 Å². The van der Waals surface area contributed by atoms with Crippen LogP contribution in [-0.4, -0.2) is 80.6 Å². The first-order chi connectivity index (χ1) is 32.6. The summed E-state index contributed by atoms with van der Waals surface area (Å²) in [6.45, 7) is 4.71. The van der Waals surface area contributed by atoms with Crippen LogP contribution in [0.4, 0.5) is 0 Å². The zero-order valence-electron chi connectivity index (χ0n) is 44.3. The number of allylic oxidation sites excluding steroid dienone is 10. The van der Waals surface area contributed by atoms with Gasteiger partial charge in [0.05, 0.1) is 34.4 Å². The summed E-state index contributed by atoms with van der Waals surface area (Å²) >= 11 is 0. The van der Waals surface area contributed by atoms with Gasteiger partial charge in [0.25, 0.3) is 0 Å². The standard InChI is InChI=1S/C59H105NO7/c1-6-8-10-12-14-16-18-20-22-24-26-28-30-31-33-35-37-39-41-43-45-47-49-57(61)66-54-55(53-65-52-51-56(59(63)64)60(3,4)5)67-58(62)50-48-46-44-42-40-38-36-34-32-29-27-25-23-21-19-17-15-13-11-9-7-2/h15,17,21,23,27,29-31,34,36,55-56H,6-14,16,18-20,22,24-26,28,32-33,35,37-54H2,1-5H3/p+1/b17-15+,23-21+,29-27+,31-30+,36-34+. The summed E-state index contributed by atoms with van der Waals surface area (Å²) in [7, 11) is 5.53. The van der Waals surface area contributed by atoms with Crippen LogP contribution in [0.2, 0.25) is 0 Å². The lowest BCUT2D eigenvalue weighted by atomic mass is 10.0. The molecule has 0 spiro atoms. The first-order valence-electron chi connectivity index (χ1n) is 27.8. The number of rotatable bonds is 50. The van der Waals surface area contributed by atoms with E-state index >= 15 is 0 Å². The number of likely N-dealkylation sites (N-methyl/N-ethyl adjacent to an activating group) is 1. The Morgan fingerprint density at radius 1 is 0.448 bits per heavy atom. The molecule has 0 saturated carbocycles. The van der Waals surface area contributed by atoms with Crippen molar-refractivity contribution >= 4 is 17.9 Å². The molecule has 0 aromatic heterocycles. The van der Waals surface area contributed by atoms with E-state index in [-0.39, 0.29) is 36.2 Å². The number of carboxylic acid groups (broad SMARTS) is 1. The van der Waals surface area contributed by atoms with Crippen molar-refractivity contribution in [2.45, 2.75) is 257 Å². The summed E-state index contributed by atoms with van der Waals surface area (Å²) in [5.74, 6) is -1.49. The molecule has 1 N–H and O–H groups in total. The second-order valence-corrected chi connectivity index (χ2v) is 19.8. The number of quaternary nitrogens is 1. The maximum absolute atomic E-state index is 12.8. The summed E-state index contributed by atoms with van der Waals surface area (Å²) in [4.78, 5) is 37.2. The smallest absolute Gasteiger partial charge is 0.362 e. The molecule has 0 aromatic rings. The number of carbonyl (C=O) groups excluding carboxylic acids is 2. The monoisotopic (exact) mass is 941 g/mol. The van der Waals surface area contributed by atoms with Crippen LogP contribution in [0.5, 0.6) is 0 Å². The van der Waals surface area contributed by atoms with E-state index in [1.54, 1.807) is 0 Å². The van der Waals surface area contributed by atoms with Crippen LogP contribution in [0.25, 0.3) is 0 Å². The van der Waals surface area contributed by atoms with E-state index < -0.39 is 18.1 Å². The molecule has 8 heteroatoms. The molecule has 0 saturated heterocycles. The summed E-state index contributed by atoms with van der Waals surface area (Å²) in [5, 5.41) is 9.67. The maximum Gasteiger partial charge on any atom is 0.362 e. The van der Waals surface area contributed by atoms with Crippen LogP contribution in [0.15, 0.2) is 60.8 Å². The fraction of sp³-hybridized carbons (Fsp3) is 0.780. The summed E-state index contributed by atoms with van der Waals surface area (Å²) < 4.78 is 17.4. The quantitative estimate of drug-likeness (QED) is 0.0281. The van der Waals surface area contributed by atoms with Gasteiger partial charge >= 0.3 is 17.9 Å². The zero-order valence-corrected chi connectivity index (χ0v) is 44.3. The number of carboxylic acids is 1. The van der Waals surface area contributed by atoms with Crippen molar-refractivity contribution in [3.63, 3.8) is 0 Å². The van der Waals surface area contributed by atoms with Gasteiger partial charge in [-0.2, -0.15) is 0 Å². The van der Waals surface area contributed by atoms with Gasteiger partial charge in [-0.05, 0) is 83.5 Å². The van der Waals surface area contributed by atoms with E-state index in [0.717, 1.165) is 77.0 Å². The molecule has 0 amide bonds. The topological polar surface area (TPSA) is 99.1 Å². The van der Waals surface area contributed by atoms with Crippen LogP contribution in [0, 0.1) is 0 Å². The summed E-state index contributed by atoms with van der Waals surface area (Å²) in [6, 6.07) is -0.622. The molecule has 2 unspecified atom stereocenters. The minimum absolute atomic E-state index is 0.0508. The molecule has 0 aliphatic carbocycles. The highest BCUT2D eigenvalue weighted by Gasteiger charge is 2.31. The lowest BCUT2D eigenvalue weighted by molar-refractivity contribution is -0.887. The molecule has 0 aromatic carbocycles. The maximum atomic E-state index is 12.8. The van der Waals surface area contributed by atoms with E-state index in [1.165, 1.54) is 135 Å². The lowest BCUT2D eigenvalue weighted by Crippen LogP contribution is -2.50. The molecular formula is C59H106NO7+. The minimum atomic E-state index is -0.878. The van der Waals surface area contributed by atoms with Crippen molar-refractivity contribution in [2.24, 2.45) is 0 Å². The second-order valence-electron chi connectivity index (χ2n) is 19.8. The van der Waals surface area contributed by atoms with E-state index in [4.69, 9.17) is 14.2 Å². The second kappa shape index (κ2) is 49.5. The Balaban J connectivity index is 4.25. The molecule has 0 aliphatic rings. The molecule has 0 heterocycles. The third kappa shape index (κ3) is 47.9. The minimum Gasteiger partial charge on any atom is -0.477 e. The van der Waals surface area contributed by atoms with Gasteiger partial charge in [-0.15, -0.1) is 0 Å². The van der Waals surface area contributed by atoms with Crippen LogP contribution < -0.4 is 0 Å². The molecule has 0 bridgehead atoms. The fourth-order valence-electron chi connectivity index (χ4n) is 8.07. The Kier molecular flexibility index (Phi) is 47.3. The molecule has 0 rings (SSSR count). The Labute approximate surface area is 413 Å². The fourth-order valence-corrected chi connectivity index (χ4v) is 8.07. The highest BCUT2D eigenvalue weighted by atomic mass is 16.6. The molecule has 0 aliphatic heterocycles. The Morgan fingerprint density at radius 2 is 0.791 bits per heavy atom. The number of ether oxygens (including phenoxy) is 3. The summed E-state index contributed by atoms with van der Waals surface area (Å²) in [6.07, 6.45) is 62.8. The first-order valence-corrected chi connectivity index (χ1v) is 27.8. The number of carbonyl (C=O) groups is 3. The van der Waals surface area contributed by atoms with Gasteiger partial charge in [-0.1, -0.05) is 203 Å². The van der Waals surface area contributed by atoms with Gasteiger partial charge in [-0.3, -0.25) is 9.59 Å². The SMILES string of the molecule is CCCCC/C=C/C/C=C/C/C=C/C/C=C/CCCCCCCC(=O)OC(COCCC(C(=O)O)[N+](C)(C)C)COC(=O)CCCCCCCCC/C=C/CCCCCCCCCCCCC. The van der Waals surface area contributed by atoms with Crippen molar-refractivity contribution in [1.82, 2.24) is 0 Å². The van der Waals surface area contributed by atoms with Crippen LogP contribution in [0.1, 0.15) is 245 Å². The van der Waals surface area contributed by atoms with Crippen LogP contribution >= 0.6 is 0 Å². The predicted molar refractivity (Wildman–Crippen MR) is 284 cm³/mol. The van der Waals surface area contributed by atoms with Crippen molar-refractivity contribution in [1.29, 1.82) is 0 Å². The van der Waals surface area contributed by atoms with Crippen molar-refractivity contribution in [3.8, 4) is 0 Å². The number of unbranched alkanes of at least 4 members (excludes halogenated alkanes) is 26. The highest BCUT2D eigenvalue weighted by molar-refractivity contribution is 5.72. The van der Waals surface area contributed by atoms with E-state index in [1.807, 2.05) is 21.1 Å². The third-order valence-corrected chi connectivity index (χ3v) is 12.4. The van der Waals surface area contributed by atoms with Gasteiger partial charge in [0.1, 0.15) is 6.61 Å². The molecule has 388 valence electrons. The summed E-state index contributed by atoms with van der Waals surface area (Å²) in [5.41, 5.74) is 0. The van der Waals surface area contributed by atoms with E-state index in [2.05, 4.69) is 74.6 Å². The molecule has 8 nitrogen and oxygen atoms in total. The molecule has 67 heavy (non-hydrogen) atoms. The molecule has 0 radical (unpaired) electrons. The zero-order chi connectivity index (χ0) is 49.2. The van der Waals surface area contributed by atoms with Gasteiger partial charge in [0.2, 0.25) is 0 Å². The number of esters is 2. The highest BCUT2D eigenvalue weighted by Crippen LogP contribution is 2.15. The number of nitrogens with zero attached hydrogens (tertiary/aromatic N) is 1. The van der Waals surface area contributed by atoms with Crippen molar-refractivity contribution < 1.29 is 38.2 Å². The number of hydrogen-bond acceptors (Lipinski definition) is 6. The van der Waals surface area contributed by atoms with E-state index in [0.29, 0.717) is 19.3 Å². The van der Waals surface area contributed by atoms with Gasteiger partial charge in [-0.25, -0.2) is 4.79 Å². The van der Waals surface area contributed by atoms with Crippen LogP contribution in [-0.2, 0) is 28.6 Å². The largest absolute Gasteiger partial charge is 0.477 e. The average Bonchev–Trinajstić information content (AvgIpc) is 3.29. The van der Waals surface area contributed by atoms with Crippen molar-refractivity contribution in [2.75, 3.05) is 41.0 Å². The normalized spacial score (nSPS) is 13.3. The third-order valence-electron chi connectivity index (χ3n) is 12.4. The molecule has 0 fully saturated rings. The predicted octanol–water partition coefficient (Wildman–Crippen LogP) is 16.5. The Bertz CT molecular complexity index is 1280. The first kappa shape index (κ1) is 64.0. The lowest BCUT2D eigenvalue weighted by Gasteiger charge is -2.31. The molecular weight excluding hydrogens is 835 g/mol. The van der Waals surface area contributed by atoms with Crippen molar-refractivity contribution in [3.05, 3.63) is 60.8 Å². The Hall–Kier alpha value is -2.97. The average molecular weight is 941 g/mol. The van der Waals surface area contributed by atoms with E-state index in [9.17, 15) is 19.5 Å². The number of aliphatic carboxylic acids is 1. The van der Waals surface area contributed by atoms with Crippen LogP contribution in [0.3, 0.4) is 0 Å². The van der Waals surface area contributed by atoms with Gasteiger partial charge in [0.15, 0.2) is 12.1 Å².